The zero-order valence-electron chi connectivity index (χ0n) is 13.4. The standard InChI is InChI=1S/C16H18N4O3S/c1-10(2)9-20-13-12(8-18-19-16(13)21)14(15(20)17)24(22,23)11-6-4-3-5-7-11/h3-8,10H,9,17H2,1-2H3,(H,19,21). The van der Waals surface area contributed by atoms with Crippen molar-refractivity contribution in [2.75, 3.05) is 5.73 Å². The van der Waals surface area contributed by atoms with E-state index in [1.807, 2.05) is 13.8 Å². The van der Waals surface area contributed by atoms with Crippen LogP contribution in [0.15, 0.2) is 51.1 Å². The van der Waals surface area contributed by atoms with E-state index in [1.54, 1.807) is 22.8 Å². The van der Waals surface area contributed by atoms with Crippen LogP contribution in [0.4, 0.5) is 5.82 Å². The quantitative estimate of drug-likeness (QED) is 0.748. The van der Waals surface area contributed by atoms with Crippen LogP contribution in [0.3, 0.4) is 0 Å². The third kappa shape index (κ3) is 2.48. The predicted octanol–water partition coefficient (Wildman–Crippen LogP) is 1.80. The fourth-order valence-corrected chi connectivity index (χ4v) is 4.34. The molecule has 1 aromatic carbocycles. The maximum atomic E-state index is 13.0. The summed E-state index contributed by atoms with van der Waals surface area (Å²) in [6.45, 7) is 4.36. The largest absolute Gasteiger partial charge is 0.384 e. The third-order valence-electron chi connectivity index (χ3n) is 3.74. The number of nitrogens with zero attached hydrogens (tertiary/aromatic N) is 2. The monoisotopic (exact) mass is 346 g/mol. The first kappa shape index (κ1) is 16.3. The van der Waals surface area contributed by atoms with Crippen molar-refractivity contribution in [1.29, 1.82) is 0 Å². The molecule has 0 aliphatic rings. The SMILES string of the molecule is CC(C)Cn1c(N)c(S(=O)(=O)c2ccccc2)c2cn[nH]c(=O)c21. The average Bonchev–Trinajstić information content (AvgIpc) is 2.81. The molecule has 0 spiro atoms. The number of nitrogens with two attached hydrogens (primary N) is 1. The van der Waals surface area contributed by atoms with Crippen LogP contribution in [0.5, 0.6) is 0 Å². The van der Waals surface area contributed by atoms with Crippen molar-refractivity contribution in [3.63, 3.8) is 0 Å². The Hall–Kier alpha value is -2.61. The number of benzene rings is 1. The van der Waals surface area contributed by atoms with Crippen LogP contribution in [0, 0.1) is 5.92 Å². The second kappa shape index (κ2) is 5.79. The number of nitrogen functional groups attached to an aromatic ring is 1. The van der Waals surface area contributed by atoms with Crippen molar-refractivity contribution in [2.45, 2.75) is 30.2 Å². The van der Waals surface area contributed by atoms with Gasteiger partial charge in [0.2, 0.25) is 9.84 Å². The van der Waals surface area contributed by atoms with Gasteiger partial charge in [0, 0.05) is 11.9 Å². The lowest BCUT2D eigenvalue weighted by molar-refractivity contribution is 0.536. The molecular formula is C16H18N4O3S. The van der Waals surface area contributed by atoms with Gasteiger partial charge in [0.25, 0.3) is 5.56 Å². The van der Waals surface area contributed by atoms with E-state index in [0.717, 1.165) is 0 Å². The van der Waals surface area contributed by atoms with E-state index >= 15 is 0 Å². The molecule has 0 bridgehead atoms. The molecule has 3 N–H and O–H groups in total. The molecule has 2 aromatic heterocycles. The van der Waals surface area contributed by atoms with Crippen LogP contribution < -0.4 is 11.3 Å². The normalized spacial score (nSPS) is 12.1. The molecule has 0 aliphatic carbocycles. The zero-order valence-corrected chi connectivity index (χ0v) is 14.2. The molecular weight excluding hydrogens is 328 g/mol. The Labute approximate surface area is 139 Å². The van der Waals surface area contributed by atoms with E-state index in [0.29, 0.717) is 6.54 Å². The summed E-state index contributed by atoms with van der Waals surface area (Å²) >= 11 is 0. The maximum absolute atomic E-state index is 13.0. The lowest BCUT2D eigenvalue weighted by atomic mass is 10.2. The molecule has 126 valence electrons. The van der Waals surface area contributed by atoms with Crippen LogP contribution in [0.25, 0.3) is 10.9 Å². The lowest BCUT2D eigenvalue weighted by Gasteiger charge is -2.10. The summed E-state index contributed by atoms with van der Waals surface area (Å²) in [7, 11) is -3.87. The molecule has 24 heavy (non-hydrogen) atoms. The Kier molecular flexibility index (Phi) is 3.92. The highest BCUT2D eigenvalue weighted by Crippen LogP contribution is 2.34. The summed E-state index contributed by atoms with van der Waals surface area (Å²) in [5.74, 6) is 0.240. The minimum atomic E-state index is -3.87. The highest BCUT2D eigenvalue weighted by molar-refractivity contribution is 7.92. The van der Waals surface area contributed by atoms with Crippen LogP contribution in [0.1, 0.15) is 13.8 Å². The number of sulfone groups is 1. The minimum absolute atomic E-state index is 0.0565. The number of anilines is 1. The Morgan fingerprint density at radius 2 is 1.92 bits per heavy atom. The maximum Gasteiger partial charge on any atom is 0.288 e. The van der Waals surface area contributed by atoms with Gasteiger partial charge in [-0.25, -0.2) is 13.5 Å². The molecule has 0 saturated heterocycles. The topological polar surface area (TPSA) is 111 Å². The van der Waals surface area contributed by atoms with Crippen molar-refractivity contribution in [1.82, 2.24) is 14.8 Å². The molecule has 8 heteroatoms. The minimum Gasteiger partial charge on any atom is -0.384 e. The van der Waals surface area contributed by atoms with Crippen molar-refractivity contribution >= 4 is 26.6 Å². The number of nitrogens with one attached hydrogen (secondary N) is 1. The molecule has 0 unspecified atom stereocenters. The van der Waals surface area contributed by atoms with E-state index in [2.05, 4.69) is 10.2 Å². The second-order valence-corrected chi connectivity index (χ2v) is 7.88. The summed E-state index contributed by atoms with van der Waals surface area (Å²) in [4.78, 5) is 12.3. The molecule has 3 rings (SSSR count). The second-order valence-electron chi connectivity index (χ2n) is 6.00. The molecule has 0 saturated carbocycles. The number of aromatic nitrogens is 3. The summed E-state index contributed by atoms with van der Waals surface area (Å²) in [5.41, 5.74) is 5.92. The lowest BCUT2D eigenvalue weighted by Crippen LogP contribution is -2.15. The Bertz CT molecular complexity index is 1050. The van der Waals surface area contributed by atoms with E-state index < -0.39 is 15.4 Å². The first-order valence-corrected chi connectivity index (χ1v) is 8.98. The van der Waals surface area contributed by atoms with Gasteiger partial charge in [0.1, 0.15) is 16.2 Å². The summed E-state index contributed by atoms with van der Waals surface area (Å²) in [6.07, 6.45) is 1.33. The number of H-pyrrole nitrogens is 1. The number of hydrogen-bond acceptors (Lipinski definition) is 5. The van der Waals surface area contributed by atoms with Crippen molar-refractivity contribution in [3.05, 3.63) is 46.9 Å². The first-order chi connectivity index (χ1) is 11.3. The fraction of sp³-hybridized carbons (Fsp3) is 0.250. The molecule has 0 atom stereocenters. The first-order valence-electron chi connectivity index (χ1n) is 7.49. The van der Waals surface area contributed by atoms with Gasteiger partial charge in [-0.3, -0.25) is 4.79 Å². The predicted molar refractivity (Wildman–Crippen MR) is 91.5 cm³/mol. The van der Waals surface area contributed by atoms with Gasteiger partial charge < -0.3 is 10.3 Å². The molecule has 0 aliphatic heterocycles. The van der Waals surface area contributed by atoms with Gasteiger partial charge in [-0.15, -0.1) is 0 Å². The van der Waals surface area contributed by atoms with E-state index in [-0.39, 0.29) is 32.4 Å². The van der Waals surface area contributed by atoms with Crippen molar-refractivity contribution in [2.24, 2.45) is 5.92 Å². The number of rotatable bonds is 4. The van der Waals surface area contributed by atoms with E-state index in [9.17, 15) is 13.2 Å². The van der Waals surface area contributed by atoms with E-state index in [1.165, 1.54) is 18.3 Å². The molecule has 3 aromatic rings. The van der Waals surface area contributed by atoms with Gasteiger partial charge in [-0.05, 0) is 18.1 Å². The van der Waals surface area contributed by atoms with Gasteiger partial charge in [-0.1, -0.05) is 32.0 Å². The summed E-state index contributed by atoms with van der Waals surface area (Å²) in [6, 6.07) is 8.02. The highest BCUT2D eigenvalue weighted by Gasteiger charge is 2.29. The van der Waals surface area contributed by atoms with Crippen LogP contribution in [-0.4, -0.2) is 23.2 Å². The molecule has 0 fully saturated rings. The number of aromatic amines is 1. The van der Waals surface area contributed by atoms with Crippen molar-refractivity contribution < 1.29 is 8.42 Å². The Morgan fingerprint density at radius 3 is 2.54 bits per heavy atom. The Morgan fingerprint density at radius 1 is 1.25 bits per heavy atom. The highest BCUT2D eigenvalue weighted by atomic mass is 32.2. The molecule has 7 nitrogen and oxygen atoms in total. The van der Waals surface area contributed by atoms with Crippen LogP contribution >= 0.6 is 0 Å². The van der Waals surface area contributed by atoms with Gasteiger partial charge in [-0.2, -0.15) is 5.10 Å². The smallest absolute Gasteiger partial charge is 0.288 e. The number of fused-ring (bicyclic) bond motifs is 1. The van der Waals surface area contributed by atoms with E-state index in [4.69, 9.17) is 5.73 Å². The third-order valence-corrected chi connectivity index (χ3v) is 5.60. The van der Waals surface area contributed by atoms with Crippen LogP contribution in [-0.2, 0) is 16.4 Å². The zero-order chi connectivity index (χ0) is 17.5. The van der Waals surface area contributed by atoms with Gasteiger partial charge in [0.15, 0.2) is 0 Å². The summed E-state index contributed by atoms with van der Waals surface area (Å²) in [5, 5.41) is 6.32. The average molecular weight is 346 g/mol. The Balaban J connectivity index is 2.40. The van der Waals surface area contributed by atoms with Crippen molar-refractivity contribution in [3.8, 4) is 0 Å². The van der Waals surface area contributed by atoms with Crippen LogP contribution in [0.2, 0.25) is 0 Å². The summed E-state index contributed by atoms with van der Waals surface area (Å²) < 4.78 is 27.6. The van der Waals surface area contributed by atoms with Gasteiger partial charge >= 0.3 is 0 Å². The fourth-order valence-electron chi connectivity index (χ4n) is 2.76. The number of hydrogen-bond donors (Lipinski definition) is 2. The van der Waals surface area contributed by atoms with Gasteiger partial charge in [0.05, 0.1) is 11.1 Å². The molecule has 2 heterocycles. The molecule has 0 amide bonds. The molecule has 0 radical (unpaired) electrons.